The zero-order chi connectivity index (χ0) is 16.9. The average molecular weight is 347 g/mol. The van der Waals surface area contributed by atoms with Gasteiger partial charge in [-0.05, 0) is 18.2 Å². The van der Waals surface area contributed by atoms with Crippen LogP contribution in [0.15, 0.2) is 46.3 Å². The maximum atomic E-state index is 13.2. The molecule has 0 fully saturated rings. The lowest BCUT2D eigenvalue weighted by Gasteiger charge is -2.02. The Hall–Kier alpha value is -2.68. The zero-order valence-electron chi connectivity index (χ0n) is 12.8. The third-order valence-electron chi connectivity index (χ3n) is 3.03. The average Bonchev–Trinajstić information content (AvgIpc) is 3.20. The topological polar surface area (TPSA) is 85.8 Å². The minimum absolute atomic E-state index is 0.158. The number of benzene rings is 1. The maximum absolute atomic E-state index is 13.2. The van der Waals surface area contributed by atoms with E-state index in [1.807, 2.05) is 0 Å². The van der Waals surface area contributed by atoms with Crippen molar-refractivity contribution in [1.82, 2.24) is 25.3 Å². The molecule has 1 amide bonds. The van der Waals surface area contributed by atoms with Crippen LogP contribution in [0.1, 0.15) is 11.5 Å². The van der Waals surface area contributed by atoms with Gasteiger partial charge < -0.3 is 9.73 Å². The number of aryl methyl sites for hydroxylation is 1. The van der Waals surface area contributed by atoms with Gasteiger partial charge in [-0.15, -0.1) is 10.2 Å². The van der Waals surface area contributed by atoms with Crippen LogP contribution in [0.2, 0.25) is 0 Å². The summed E-state index contributed by atoms with van der Waals surface area (Å²) in [5.74, 6) is 0.155. The van der Waals surface area contributed by atoms with Gasteiger partial charge in [0, 0.05) is 25.2 Å². The van der Waals surface area contributed by atoms with Crippen LogP contribution < -0.4 is 5.32 Å². The molecule has 2 heterocycles. The van der Waals surface area contributed by atoms with E-state index >= 15 is 0 Å². The molecule has 3 rings (SSSR count). The van der Waals surface area contributed by atoms with Gasteiger partial charge in [-0.1, -0.05) is 17.8 Å². The fourth-order valence-corrected chi connectivity index (χ4v) is 2.56. The standard InChI is InChI=1S/C15H14FN5O2S/c1-10-19-20-15(23-10)24-9-14(22)17-6-11-7-18-21(8-11)13-4-2-3-12(16)5-13/h2-5,7-8H,6,9H2,1H3,(H,17,22). The molecule has 0 radical (unpaired) electrons. The summed E-state index contributed by atoms with van der Waals surface area (Å²) in [5, 5.41) is 14.8. The molecule has 0 saturated carbocycles. The largest absolute Gasteiger partial charge is 0.416 e. The second-order valence-electron chi connectivity index (χ2n) is 4.93. The van der Waals surface area contributed by atoms with Gasteiger partial charge in [-0.2, -0.15) is 5.10 Å². The lowest BCUT2D eigenvalue weighted by Crippen LogP contribution is -2.24. The fraction of sp³-hybridized carbons (Fsp3) is 0.200. The van der Waals surface area contributed by atoms with Crippen molar-refractivity contribution in [3.63, 3.8) is 0 Å². The molecule has 1 aromatic carbocycles. The summed E-state index contributed by atoms with van der Waals surface area (Å²) in [5.41, 5.74) is 1.43. The maximum Gasteiger partial charge on any atom is 0.277 e. The van der Waals surface area contributed by atoms with E-state index in [4.69, 9.17) is 4.42 Å². The number of carbonyl (C=O) groups is 1. The molecule has 0 bridgehead atoms. The molecule has 1 N–H and O–H groups in total. The number of rotatable bonds is 6. The third kappa shape index (κ3) is 4.19. The summed E-state index contributed by atoms with van der Waals surface area (Å²) < 4.78 is 20.0. The Kier molecular flexibility index (Phi) is 4.90. The molecule has 0 aliphatic rings. The van der Waals surface area contributed by atoms with Crippen molar-refractivity contribution in [3.8, 4) is 5.69 Å². The van der Waals surface area contributed by atoms with Crippen LogP contribution in [-0.4, -0.2) is 31.6 Å². The lowest BCUT2D eigenvalue weighted by atomic mass is 10.3. The Balaban J connectivity index is 1.51. The summed E-state index contributed by atoms with van der Waals surface area (Å²) in [4.78, 5) is 11.8. The third-order valence-corrected chi connectivity index (χ3v) is 3.85. The summed E-state index contributed by atoms with van der Waals surface area (Å²) >= 11 is 1.17. The Morgan fingerprint density at radius 3 is 3.04 bits per heavy atom. The molecule has 0 spiro atoms. The Morgan fingerprint density at radius 1 is 1.42 bits per heavy atom. The number of nitrogens with zero attached hydrogens (tertiary/aromatic N) is 4. The van der Waals surface area contributed by atoms with Gasteiger partial charge in [0.2, 0.25) is 11.8 Å². The van der Waals surface area contributed by atoms with E-state index in [0.29, 0.717) is 23.3 Å². The first-order valence-electron chi connectivity index (χ1n) is 7.09. The van der Waals surface area contributed by atoms with Crippen molar-refractivity contribution in [2.75, 3.05) is 5.75 Å². The highest BCUT2D eigenvalue weighted by molar-refractivity contribution is 7.99. The number of amides is 1. The van der Waals surface area contributed by atoms with Crippen molar-refractivity contribution in [2.45, 2.75) is 18.7 Å². The minimum atomic E-state index is -0.328. The monoisotopic (exact) mass is 347 g/mol. The van der Waals surface area contributed by atoms with Crippen molar-refractivity contribution < 1.29 is 13.6 Å². The summed E-state index contributed by atoms with van der Waals surface area (Å²) in [6.45, 7) is 2.02. The van der Waals surface area contributed by atoms with Crippen LogP contribution in [0, 0.1) is 12.7 Å². The summed E-state index contributed by atoms with van der Waals surface area (Å²) in [6.07, 6.45) is 3.36. The molecule has 0 aliphatic carbocycles. The molecule has 3 aromatic rings. The van der Waals surface area contributed by atoms with Gasteiger partial charge in [-0.25, -0.2) is 9.07 Å². The Morgan fingerprint density at radius 2 is 2.29 bits per heavy atom. The van der Waals surface area contributed by atoms with E-state index in [9.17, 15) is 9.18 Å². The van der Waals surface area contributed by atoms with E-state index in [1.165, 1.54) is 23.9 Å². The van der Waals surface area contributed by atoms with Crippen molar-refractivity contribution >= 4 is 17.7 Å². The number of nitrogens with one attached hydrogen (secondary N) is 1. The van der Waals surface area contributed by atoms with Crippen molar-refractivity contribution in [3.05, 3.63) is 53.9 Å². The van der Waals surface area contributed by atoms with Gasteiger partial charge in [-0.3, -0.25) is 4.79 Å². The van der Waals surface area contributed by atoms with Gasteiger partial charge in [0.25, 0.3) is 5.22 Å². The van der Waals surface area contributed by atoms with E-state index in [1.54, 1.807) is 36.1 Å². The highest BCUT2D eigenvalue weighted by atomic mass is 32.2. The van der Waals surface area contributed by atoms with Crippen LogP contribution in [0.3, 0.4) is 0 Å². The van der Waals surface area contributed by atoms with E-state index < -0.39 is 0 Å². The normalized spacial score (nSPS) is 10.8. The predicted molar refractivity (Wildman–Crippen MR) is 85.1 cm³/mol. The summed E-state index contributed by atoms with van der Waals surface area (Å²) in [7, 11) is 0. The van der Waals surface area contributed by atoms with Crippen LogP contribution in [-0.2, 0) is 11.3 Å². The quantitative estimate of drug-likeness (QED) is 0.688. The van der Waals surface area contributed by atoms with Crippen molar-refractivity contribution in [2.24, 2.45) is 0 Å². The molecule has 9 heteroatoms. The number of hydrogen-bond donors (Lipinski definition) is 1. The number of halogens is 1. The molecule has 0 unspecified atom stereocenters. The smallest absolute Gasteiger partial charge is 0.277 e. The van der Waals surface area contributed by atoms with Gasteiger partial charge in [0.15, 0.2) is 0 Å². The molecular weight excluding hydrogens is 333 g/mol. The number of carbonyl (C=O) groups excluding carboxylic acids is 1. The summed E-state index contributed by atoms with van der Waals surface area (Å²) in [6, 6.07) is 6.13. The molecule has 0 saturated heterocycles. The first-order valence-corrected chi connectivity index (χ1v) is 8.08. The second-order valence-corrected chi connectivity index (χ2v) is 5.85. The minimum Gasteiger partial charge on any atom is -0.416 e. The zero-order valence-corrected chi connectivity index (χ0v) is 13.6. The molecular formula is C15H14FN5O2S. The van der Waals surface area contributed by atoms with Gasteiger partial charge in [0.1, 0.15) is 5.82 Å². The molecule has 2 aromatic heterocycles. The van der Waals surface area contributed by atoms with Crippen LogP contribution in [0.5, 0.6) is 0 Å². The van der Waals surface area contributed by atoms with Crippen molar-refractivity contribution in [1.29, 1.82) is 0 Å². The molecule has 0 aliphatic heterocycles. The number of aromatic nitrogens is 4. The van der Waals surface area contributed by atoms with Crippen LogP contribution >= 0.6 is 11.8 Å². The first-order chi connectivity index (χ1) is 11.6. The molecule has 24 heavy (non-hydrogen) atoms. The van der Waals surface area contributed by atoms with Gasteiger partial charge >= 0.3 is 0 Å². The van der Waals surface area contributed by atoms with Crippen LogP contribution in [0.25, 0.3) is 5.69 Å². The fourth-order valence-electron chi connectivity index (χ4n) is 1.93. The molecule has 0 atom stereocenters. The van der Waals surface area contributed by atoms with E-state index in [2.05, 4.69) is 20.6 Å². The van der Waals surface area contributed by atoms with Gasteiger partial charge in [0.05, 0.1) is 17.6 Å². The SMILES string of the molecule is Cc1nnc(SCC(=O)NCc2cnn(-c3cccc(F)c3)c2)o1. The Bertz CT molecular complexity index is 848. The molecule has 124 valence electrons. The highest BCUT2D eigenvalue weighted by Gasteiger charge is 2.08. The number of hydrogen-bond acceptors (Lipinski definition) is 6. The van der Waals surface area contributed by atoms with Crippen LogP contribution in [0.4, 0.5) is 4.39 Å². The predicted octanol–water partition coefficient (Wildman–Crippen LogP) is 2.11. The second kappa shape index (κ2) is 7.26. The highest BCUT2D eigenvalue weighted by Crippen LogP contribution is 2.15. The number of thioether (sulfide) groups is 1. The van der Waals surface area contributed by atoms with E-state index in [0.717, 1.165) is 5.56 Å². The molecule has 7 nitrogen and oxygen atoms in total. The lowest BCUT2D eigenvalue weighted by molar-refractivity contribution is -0.118. The Labute approximate surface area is 141 Å². The van der Waals surface area contributed by atoms with E-state index in [-0.39, 0.29) is 17.5 Å². The first kappa shape index (κ1) is 16.2.